The summed E-state index contributed by atoms with van der Waals surface area (Å²) in [6.45, 7) is 1.95. The smallest absolute Gasteiger partial charge is 0.870 e. The summed E-state index contributed by atoms with van der Waals surface area (Å²) in [4.78, 5) is 9.28. The molecule has 0 spiro atoms. The molecule has 0 aromatic heterocycles. The van der Waals surface area contributed by atoms with Gasteiger partial charge in [-0.25, -0.2) is 0 Å². The van der Waals surface area contributed by atoms with E-state index in [4.69, 9.17) is 0 Å². The van der Waals surface area contributed by atoms with Crippen LogP contribution in [0.2, 0.25) is 0 Å². The predicted octanol–water partition coefficient (Wildman–Crippen LogP) is -2.28. The third-order valence-corrected chi connectivity index (χ3v) is 0.352. The number of rotatable bonds is 2. The van der Waals surface area contributed by atoms with Crippen LogP contribution in [0.3, 0.4) is 0 Å². The van der Waals surface area contributed by atoms with Crippen molar-refractivity contribution in [1.29, 1.82) is 0 Å². The molecule has 1 N–H and O–H groups in total. The van der Waals surface area contributed by atoms with Crippen LogP contribution in [0, 0.1) is 0 Å². The van der Waals surface area contributed by atoms with E-state index in [1.807, 2.05) is 6.92 Å². The molecule has 3 heteroatoms. The van der Waals surface area contributed by atoms with Crippen molar-refractivity contribution in [2.75, 3.05) is 0 Å². The van der Waals surface area contributed by atoms with Crippen molar-refractivity contribution in [3.05, 3.63) is 0 Å². The van der Waals surface area contributed by atoms with Crippen LogP contribution in [0.15, 0.2) is 0 Å². The van der Waals surface area contributed by atoms with Crippen molar-refractivity contribution >= 4 is 6.29 Å². The minimum atomic E-state index is 0. The molecule has 2 nitrogen and oxygen atoms in total. The molecule has 0 aliphatic heterocycles. The van der Waals surface area contributed by atoms with Gasteiger partial charge in [0, 0.05) is 0 Å². The topological polar surface area (TPSA) is 47.1 Å². The van der Waals surface area contributed by atoms with Crippen molar-refractivity contribution in [3.63, 3.8) is 0 Å². The van der Waals surface area contributed by atoms with Gasteiger partial charge in [-0.2, -0.15) is 6.42 Å². The Kier molecular flexibility index (Phi) is 35.6. The summed E-state index contributed by atoms with van der Waals surface area (Å²) in [6.07, 6.45) is 3.27. The molecule has 0 rings (SSSR count). The molecule has 0 aliphatic rings. The van der Waals surface area contributed by atoms with Crippen molar-refractivity contribution in [2.45, 2.75) is 19.8 Å². The Bertz CT molecular complexity index is 30.9. The first-order valence-electron chi connectivity index (χ1n) is 1.76. The summed E-state index contributed by atoms with van der Waals surface area (Å²) in [5, 5.41) is 0. The molecule has 0 aromatic rings. The van der Waals surface area contributed by atoms with Gasteiger partial charge in [-0.05, 0) is 0 Å². The van der Waals surface area contributed by atoms with Gasteiger partial charge >= 0.3 is 29.6 Å². The molecule has 0 amide bonds. The minimum absolute atomic E-state index is 0. The molecule has 0 bridgehead atoms. The number of hydrogen-bond donors (Lipinski definition) is 0. The zero-order valence-electron chi connectivity index (χ0n) is 4.77. The Morgan fingerprint density at radius 2 is 2.00 bits per heavy atom. The number of hydrogen-bond acceptors (Lipinski definition) is 2. The molecular formula is C4H8NaO2-. The first-order valence-corrected chi connectivity index (χ1v) is 1.76. The quantitative estimate of drug-likeness (QED) is 0.298. The fourth-order valence-electron chi connectivity index (χ4n) is 0.102. The molecule has 38 valence electrons. The molecule has 7 heavy (non-hydrogen) atoms. The van der Waals surface area contributed by atoms with E-state index < -0.39 is 0 Å². The van der Waals surface area contributed by atoms with Gasteiger partial charge in [-0.1, -0.05) is 13.3 Å². The summed E-state index contributed by atoms with van der Waals surface area (Å²) in [6, 6.07) is 0. The zero-order chi connectivity index (χ0) is 4.12. The van der Waals surface area contributed by atoms with Gasteiger partial charge in [0.25, 0.3) is 0 Å². The second-order valence-electron chi connectivity index (χ2n) is 0.894. The second-order valence-corrected chi connectivity index (χ2v) is 0.894. The third-order valence-electron chi connectivity index (χ3n) is 0.352. The van der Waals surface area contributed by atoms with E-state index in [2.05, 4.69) is 0 Å². The summed E-state index contributed by atoms with van der Waals surface area (Å²) >= 11 is 0. The summed E-state index contributed by atoms with van der Waals surface area (Å²) < 4.78 is 0. The molecule has 0 heterocycles. The molecular weight excluding hydrogens is 103 g/mol. The monoisotopic (exact) mass is 111 g/mol. The van der Waals surface area contributed by atoms with E-state index in [9.17, 15) is 4.79 Å². The van der Waals surface area contributed by atoms with E-state index in [0.717, 1.165) is 6.42 Å². The van der Waals surface area contributed by atoms with Gasteiger partial charge in [-0.15, -0.1) is 0 Å². The van der Waals surface area contributed by atoms with Gasteiger partial charge in [0.1, 0.15) is 0 Å². The fraction of sp³-hybridized carbons (Fsp3) is 0.750. The molecule has 0 atom stereocenters. The van der Waals surface area contributed by atoms with E-state index in [1.165, 1.54) is 0 Å². The van der Waals surface area contributed by atoms with Crippen LogP contribution in [0.25, 0.3) is 0 Å². The zero-order valence-corrected chi connectivity index (χ0v) is 6.77. The average molecular weight is 111 g/mol. The van der Waals surface area contributed by atoms with Gasteiger partial charge in [0.15, 0.2) is 0 Å². The molecule has 0 aliphatic carbocycles. The van der Waals surface area contributed by atoms with Crippen LogP contribution in [-0.2, 0) is 4.79 Å². The molecule has 0 radical (unpaired) electrons. The Balaban J connectivity index is -0.0000000800. The second kappa shape index (κ2) is 15.9. The maximum Gasteiger partial charge on any atom is 1.00 e. The van der Waals surface area contributed by atoms with E-state index >= 15 is 0 Å². The van der Waals surface area contributed by atoms with Crippen LogP contribution in [0.5, 0.6) is 0 Å². The number of carbonyl (C=O) groups excluding carboxylic acids is 1. The van der Waals surface area contributed by atoms with Crippen molar-refractivity contribution in [2.24, 2.45) is 0 Å². The first-order chi connectivity index (χ1) is 2.41. The SMILES string of the molecule is CCC[C-]=O.[Na+].[OH-]. The van der Waals surface area contributed by atoms with E-state index in [-0.39, 0.29) is 35.0 Å². The first kappa shape index (κ1) is 15.6. The Labute approximate surface area is 65.9 Å². The summed E-state index contributed by atoms with van der Waals surface area (Å²) in [5.41, 5.74) is 0. The largest absolute Gasteiger partial charge is 1.00 e. The standard InChI is InChI=1S/C4H7O.Na.H2O/c1-2-3-4-5;;/h2-3H2,1H3;;1H2/q-1;+1;/p-1. The molecule has 0 unspecified atom stereocenters. The van der Waals surface area contributed by atoms with Crippen LogP contribution in [0.4, 0.5) is 0 Å². The predicted molar refractivity (Wildman–Crippen MR) is 22.5 cm³/mol. The average Bonchev–Trinajstić information content (AvgIpc) is 1.41. The minimum Gasteiger partial charge on any atom is -0.870 e. The molecule has 0 aromatic carbocycles. The summed E-state index contributed by atoms with van der Waals surface area (Å²) in [7, 11) is 0. The van der Waals surface area contributed by atoms with Crippen LogP contribution in [0.1, 0.15) is 19.8 Å². The molecule has 0 saturated heterocycles. The van der Waals surface area contributed by atoms with Crippen LogP contribution in [-0.4, -0.2) is 11.8 Å². The van der Waals surface area contributed by atoms with Crippen molar-refractivity contribution < 1.29 is 39.8 Å². The maximum atomic E-state index is 9.28. The maximum absolute atomic E-state index is 9.28. The van der Waals surface area contributed by atoms with Crippen molar-refractivity contribution in [3.8, 4) is 0 Å². The fourth-order valence-corrected chi connectivity index (χ4v) is 0.102. The van der Waals surface area contributed by atoms with Gasteiger partial charge in [-0.3, -0.25) is 6.29 Å². The van der Waals surface area contributed by atoms with Crippen LogP contribution >= 0.6 is 0 Å². The van der Waals surface area contributed by atoms with Gasteiger partial charge in [0.05, 0.1) is 0 Å². The Morgan fingerprint density at radius 1 is 1.57 bits per heavy atom. The Hall–Kier alpha value is 0.630. The van der Waals surface area contributed by atoms with E-state index in [1.54, 1.807) is 6.29 Å². The van der Waals surface area contributed by atoms with E-state index in [0.29, 0.717) is 6.42 Å². The van der Waals surface area contributed by atoms with Gasteiger partial charge in [0.2, 0.25) is 0 Å². The normalized spacial score (nSPS) is 5.29. The molecule has 0 fully saturated rings. The van der Waals surface area contributed by atoms with Gasteiger partial charge < -0.3 is 10.3 Å². The number of unbranched alkanes of at least 4 members (excludes halogenated alkanes) is 1. The summed E-state index contributed by atoms with van der Waals surface area (Å²) in [5.74, 6) is 0. The Morgan fingerprint density at radius 3 is 2.00 bits per heavy atom. The van der Waals surface area contributed by atoms with Crippen molar-refractivity contribution in [1.82, 2.24) is 0 Å². The van der Waals surface area contributed by atoms with Crippen LogP contribution < -0.4 is 29.6 Å². The molecule has 0 saturated carbocycles. The third kappa shape index (κ3) is 20.5.